The van der Waals surface area contributed by atoms with Crippen molar-refractivity contribution in [3.05, 3.63) is 65.5 Å². The molecule has 0 saturated heterocycles. The number of nitrogens with two attached hydrogens (primary N) is 1. The van der Waals surface area contributed by atoms with Crippen molar-refractivity contribution >= 4 is 23.5 Å². The van der Waals surface area contributed by atoms with Gasteiger partial charge >= 0.3 is 12.0 Å². The Morgan fingerprint density at radius 2 is 1.70 bits per heavy atom. The standard InChI is InChI=1S/C16H13FN2O4/c17-13-4-2-1-3-12(13)14(20)9-23-15(21)10-5-7-11(8-6-10)19-16(18)22/h1-8H,9H2,(H3,18,19,22). The second-order valence-electron chi connectivity index (χ2n) is 4.55. The predicted octanol–water partition coefficient (Wildman–Crippen LogP) is 2.36. The second kappa shape index (κ2) is 7.17. The van der Waals surface area contributed by atoms with Gasteiger partial charge < -0.3 is 15.8 Å². The van der Waals surface area contributed by atoms with Crippen LogP contribution < -0.4 is 11.1 Å². The number of ether oxygens (including phenoxy) is 1. The summed E-state index contributed by atoms with van der Waals surface area (Å²) in [6.07, 6.45) is 0. The SMILES string of the molecule is NC(=O)Nc1ccc(C(=O)OCC(=O)c2ccccc2F)cc1. The number of hydrogen-bond acceptors (Lipinski definition) is 4. The first kappa shape index (κ1) is 16.2. The van der Waals surface area contributed by atoms with Gasteiger partial charge in [0.2, 0.25) is 5.78 Å². The van der Waals surface area contributed by atoms with E-state index in [-0.39, 0.29) is 11.1 Å². The number of anilines is 1. The Kier molecular flexibility index (Phi) is 5.03. The topological polar surface area (TPSA) is 98.5 Å². The second-order valence-corrected chi connectivity index (χ2v) is 4.55. The van der Waals surface area contributed by atoms with Crippen molar-refractivity contribution in [2.45, 2.75) is 0 Å². The maximum Gasteiger partial charge on any atom is 0.338 e. The molecule has 0 aliphatic heterocycles. The van der Waals surface area contributed by atoms with Crippen LogP contribution in [0.5, 0.6) is 0 Å². The van der Waals surface area contributed by atoms with E-state index in [9.17, 15) is 18.8 Å². The van der Waals surface area contributed by atoms with Crippen LogP contribution >= 0.6 is 0 Å². The molecule has 0 atom stereocenters. The zero-order chi connectivity index (χ0) is 16.8. The summed E-state index contributed by atoms with van der Waals surface area (Å²) < 4.78 is 18.3. The number of carbonyl (C=O) groups excluding carboxylic acids is 3. The molecule has 3 N–H and O–H groups in total. The lowest BCUT2D eigenvalue weighted by atomic mass is 10.1. The Morgan fingerprint density at radius 1 is 1.04 bits per heavy atom. The van der Waals surface area contributed by atoms with Gasteiger partial charge in [0, 0.05) is 5.69 Å². The molecule has 7 heteroatoms. The molecule has 0 aliphatic rings. The highest BCUT2D eigenvalue weighted by molar-refractivity contribution is 5.99. The number of primary amides is 1. The lowest BCUT2D eigenvalue weighted by Gasteiger charge is -2.06. The fraction of sp³-hybridized carbons (Fsp3) is 0.0625. The van der Waals surface area contributed by atoms with Crippen molar-refractivity contribution in [1.29, 1.82) is 0 Å². The third kappa shape index (κ3) is 4.37. The van der Waals surface area contributed by atoms with Crippen molar-refractivity contribution in [1.82, 2.24) is 0 Å². The Morgan fingerprint density at radius 3 is 2.30 bits per heavy atom. The molecule has 0 spiro atoms. The van der Waals surface area contributed by atoms with Gasteiger partial charge in [-0.25, -0.2) is 14.0 Å². The summed E-state index contributed by atoms with van der Waals surface area (Å²) in [6, 6.07) is 10.4. The van der Waals surface area contributed by atoms with E-state index < -0.39 is 30.2 Å². The van der Waals surface area contributed by atoms with Gasteiger partial charge in [0.25, 0.3) is 0 Å². The molecule has 118 valence electrons. The van der Waals surface area contributed by atoms with Gasteiger partial charge in [0.1, 0.15) is 5.82 Å². The fourth-order valence-electron chi connectivity index (χ4n) is 1.81. The maximum absolute atomic E-state index is 13.4. The van der Waals surface area contributed by atoms with Gasteiger partial charge in [-0.05, 0) is 36.4 Å². The molecule has 2 amide bonds. The summed E-state index contributed by atoms with van der Waals surface area (Å²) in [6.45, 7) is -0.568. The van der Waals surface area contributed by atoms with Gasteiger partial charge in [-0.2, -0.15) is 0 Å². The normalized spacial score (nSPS) is 9.96. The molecule has 0 aliphatic carbocycles. The Bertz CT molecular complexity index is 744. The minimum absolute atomic E-state index is 0.138. The molecule has 2 rings (SSSR count). The van der Waals surface area contributed by atoms with Gasteiger partial charge in [-0.1, -0.05) is 12.1 Å². The number of ketones is 1. The molecule has 0 radical (unpaired) electrons. The molecule has 0 aromatic heterocycles. The first-order valence-electron chi connectivity index (χ1n) is 6.59. The number of hydrogen-bond donors (Lipinski definition) is 2. The van der Waals surface area contributed by atoms with Gasteiger partial charge in [-0.3, -0.25) is 4.79 Å². The van der Waals surface area contributed by atoms with Gasteiger partial charge in [0.15, 0.2) is 6.61 Å². The smallest absolute Gasteiger partial charge is 0.338 e. The monoisotopic (exact) mass is 316 g/mol. The van der Waals surface area contributed by atoms with Crippen molar-refractivity contribution in [2.75, 3.05) is 11.9 Å². The average Bonchev–Trinajstić information content (AvgIpc) is 2.53. The van der Waals surface area contributed by atoms with E-state index >= 15 is 0 Å². The molecule has 23 heavy (non-hydrogen) atoms. The number of urea groups is 1. The minimum atomic E-state index is -0.736. The Balaban J connectivity index is 1.95. The molecule has 0 bridgehead atoms. The molecule has 0 heterocycles. The summed E-state index contributed by atoms with van der Waals surface area (Å²) >= 11 is 0. The van der Waals surface area contributed by atoms with Gasteiger partial charge in [0.05, 0.1) is 11.1 Å². The Labute approximate surface area is 131 Å². The van der Waals surface area contributed by atoms with Gasteiger partial charge in [-0.15, -0.1) is 0 Å². The molecule has 0 saturated carbocycles. The van der Waals surface area contributed by atoms with E-state index in [1.165, 1.54) is 42.5 Å². The number of amides is 2. The number of benzene rings is 2. The first-order valence-corrected chi connectivity index (χ1v) is 6.59. The number of carbonyl (C=O) groups is 3. The van der Waals surface area contributed by atoms with Crippen LogP contribution in [0.3, 0.4) is 0 Å². The number of nitrogens with one attached hydrogen (secondary N) is 1. The minimum Gasteiger partial charge on any atom is -0.454 e. The lowest BCUT2D eigenvalue weighted by molar-refractivity contribution is 0.0473. The third-order valence-corrected chi connectivity index (χ3v) is 2.90. The summed E-state index contributed by atoms with van der Waals surface area (Å²) in [5.74, 6) is -2.04. The highest BCUT2D eigenvalue weighted by atomic mass is 19.1. The molecular formula is C16H13FN2O4. The fourth-order valence-corrected chi connectivity index (χ4v) is 1.81. The zero-order valence-corrected chi connectivity index (χ0v) is 11.9. The quantitative estimate of drug-likeness (QED) is 0.653. The number of Topliss-reactive ketones (excluding diaryl/α,β-unsaturated/α-hetero) is 1. The van der Waals surface area contributed by atoms with Crippen LogP contribution in [0.1, 0.15) is 20.7 Å². The van der Waals surface area contributed by atoms with Crippen LogP contribution in [-0.4, -0.2) is 24.4 Å². The van der Waals surface area contributed by atoms with Crippen LogP contribution in [0.4, 0.5) is 14.9 Å². The summed E-state index contributed by atoms with van der Waals surface area (Å²) in [4.78, 5) is 34.3. The summed E-state index contributed by atoms with van der Waals surface area (Å²) in [5, 5.41) is 2.34. The van der Waals surface area contributed by atoms with E-state index in [0.717, 1.165) is 6.07 Å². The predicted molar refractivity (Wildman–Crippen MR) is 80.7 cm³/mol. The van der Waals surface area contributed by atoms with Crippen molar-refractivity contribution in [3.8, 4) is 0 Å². The molecule has 2 aromatic carbocycles. The van der Waals surface area contributed by atoms with Crippen LogP contribution in [0.2, 0.25) is 0 Å². The largest absolute Gasteiger partial charge is 0.454 e. The van der Waals surface area contributed by atoms with Crippen LogP contribution in [0.25, 0.3) is 0 Å². The first-order chi connectivity index (χ1) is 11.0. The molecule has 6 nitrogen and oxygen atoms in total. The Hall–Kier alpha value is -3.22. The summed E-state index contributed by atoms with van der Waals surface area (Å²) in [7, 11) is 0. The summed E-state index contributed by atoms with van der Waals surface area (Å²) in [5.41, 5.74) is 5.42. The third-order valence-electron chi connectivity index (χ3n) is 2.90. The molecule has 2 aromatic rings. The van der Waals surface area contributed by atoms with Crippen LogP contribution in [0.15, 0.2) is 48.5 Å². The van der Waals surface area contributed by atoms with E-state index in [1.54, 1.807) is 0 Å². The highest BCUT2D eigenvalue weighted by Gasteiger charge is 2.14. The number of rotatable bonds is 5. The van der Waals surface area contributed by atoms with E-state index in [0.29, 0.717) is 5.69 Å². The zero-order valence-electron chi connectivity index (χ0n) is 11.9. The lowest BCUT2D eigenvalue weighted by Crippen LogP contribution is -2.19. The van der Waals surface area contributed by atoms with E-state index in [2.05, 4.69) is 5.32 Å². The molecule has 0 unspecified atom stereocenters. The van der Waals surface area contributed by atoms with Crippen molar-refractivity contribution in [2.24, 2.45) is 5.73 Å². The molecular weight excluding hydrogens is 303 g/mol. The highest BCUT2D eigenvalue weighted by Crippen LogP contribution is 2.11. The number of esters is 1. The number of halogens is 1. The van der Waals surface area contributed by atoms with Crippen molar-refractivity contribution < 1.29 is 23.5 Å². The van der Waals surface area contributed by atoms with Crippen molar-refractivity contribution in [3.63, 3.8) is 0 Å². The molecule has 0 fully saturated rings. The van der Waals surface area contributed by atoms with Crippen LogP contribution in [-0.2, 0) is 4.74 Å². The van der Waals surface area contributed by atoms with Crippen LogP contribution in [0, 0.1) is 5.82 Å². The maximum atomic E-state index is 13.4. The average molecular weight is 316 g/mol. The van der Waals surface area contributed by atoms with E-state index in [4.69, 9.17) is 10.5 Å². The van der Waals surface area contributed by atoms with E-state index in [1.807, 2.05) is 0 Å².